The summed E-state index contributed by atoms with van der Waals surface area (Å²) in [6, 6.07) is 23.3. The molecule has 1 saturated heterocycles. The SMILES string of the molecule is CCc1cccc(CC)c1-c1nc(-c2ccc(C)cc2F)c(CN2CCCCC2c2ccccc2)n1CC. The highest BCUT2D eigenvalue weighted by atomic mass is 19.1. The Hall–Kier alpha value is -3.24. The van der Waals surface area contributed by atoms with E-state index >= 15 is 4.39 Å². The first-order chi connectivity index (χ1) is 18.5. The quantitative estimate of drug-likeness (QED) is 0.237. The minimum absolute atomic E-state index is 0.198. The van der Waals surface area contributed by atoms with E-state index in [0.29, 0.717) is 11.6 Å². The summed E-state index contributed by atoms with van der Waals surface area (Å²) >= 11 is 0. The monoisotopic (exact) mass is 509 g/mol. The van der Waals surface area contributed by atoms with Gasteiger partial charge in [0.2, 0.25) is 0 Å². The molecule has 4 heteroatoms. The fraction of sp³-hybridized carbons (Fsp3) is 0.382. The lowest BCUT2D eigenvalue weighted by molar-refractivity contribution is 0.137. The molecule has 38 heavy (non-hydrogen) atoms. The van der Waals surface area contributed by atoms with Gasteiger partial charge in [-0.25, -0.2) is 9.37 Å². The van der Waals surface area contributed by atoms with Crippen LogP contribution in [0.25, 0.3) is 22.6 Å². The van der Waals surface area contributed by atoms with Crippen LogP contribution >= 0.6 is 0 Å². The zero-order chi connectivity index (χ0) is 26.6. The van der Waals surface area contributed by atoms with Gasteiger partial charge in [0.05, 0.1) is 11.4 Å². The van der Waals surface area contributed by atoms with E-state index in [1.54, 1.807) is 6.07 Å². The molecule has 1 atom stereocenters. The summed E-state index contributed by atoms with van der Waals surface area (Å²) in [4.78, 5) is 7.88. The molecular formula is C34H40FN3. The average molecular weight is 510 g/mol. The van der Waals surface area contributed by atoms with Crippen molar-refractivity contribution in [2.24, 2.45) is 0 Å². The van der Waals surface area contributed by atoms with Crippen molar-refractivity contribution in [1.29, 1.82) is 0 Å². The predicted molar refractivity (Wildman–Crippen MR) is 156 cm³/mol. The Balaban J connectivity index is 1.70. The molecule has 4 aromatic rings. The van der Waals surface area contributed by atoms with Crippen LogP contribution in [0.5, 0.6) is 0 Å². The first-order valence-electron chi connectivity index (χ1n) is 14.3. The van der Waals surface area contributed by atoms with E-state index in [-0.39, 0.29) is 5.82 Å². The second-order valence-corrected chi connectivity index (χ2v) is 10.5. The maximum atomic E-state index is 15.5. The molecule has 198 valence electrons. The van der Waals surface area contributed by atoms with Gasteiger partial charge in [-0.3, -0.25) is 4.90 Å². The zero-order valence-electron chi connectivity index (χ0n) is 23.3. The summed E-state index contributed by atoms with van der Waals surface area (Å²) in [6.45, 7) is 11.1. The number of aromatic nitrogens is 2. The first-order valence-corrected chi connectivity index (χ1v) is 14.3. The van der Waals surface area contributed by atoms with Crippen LogP contribution in [-0.4, -0.2) is 21.0 Å². The van der Waals surface area contributed by atoms with Gasteiger partial charge in [0.25, 0.3) is 0 Å². The molecule has 1 aliphatic rings. The van der Waals surface area contributed by atoms with Gasteiger partial charge in [-0.1, -0.05) is 74.9 Å². The van der Waals surface area contributed by atoms with Crippen LogP contribution in [-0.2, 0) is 25.9 Å². The lowest BCUT2D eigenvalue weighted by atomic mass is 9.94. The van der Waals surface area contributed by atoms with Gasteiger partial charge < -0.3 is 4.57 Å². The van der Waals surface area contributed by atoms with Gasteiger partial charge in [0.1, 0.15) is 11.6 Å². The number of hydrogen-bond donors (Lipinski definition) is 0. The molecule has 0 spiro atoms. The third-order valence-corrected chi connectivity index (χ3v) is 8.14. The minimum Gasteiger partial charge on any atom is -0.327 e. The normalized spacial score (nSPS) is 16.2. The molecule has 0 bridgehead atoms. The van der Waals surface area contributed by atoms with Crippen LogP contribution in [0, 0.1) is 12.7 Å². The minimum atomic E-state index is -0.198. The van der Waals surface area contributed by atoms with Gasteiger partial charge in [0, 0.05) is 30.3 Å². The van der Waals surface area contributed by atoms with Crippen molar-refractivity contribution in [2.75, 3.05) is 6.54 Å². The van der Waals surface area contributed by atoms with E-state index in [2.05, 4.69) is 78.8 Å². The highest BCUT2D eigenvalue weighted by Gasteiger charge is 2.29. The summed E-state index contributed by atoms with van der Waals surface area (Å²) in [5.41, 5.74) is 8.59. The molecule has 3 aromatic carbocycles. The molecule has 1 aliphatic heterocycles. The van der Waals surface area contributed by atoms with Crippen molar-refractivity contribution in [1.82, 2.24) is 14.5 Å². The zero-order valence-corrected chi connectivity index (χ0v) is 23.3. The second-order valence-electron chi connectivity index (χ2n) is 10.5. The summed E-state index contributed by atoms with van der Waals surface area (Å²) in [5.74, 6) is 0.774. The average Bonchev–Trinajstić information content (AvgIpc) is 3.30. The van der Waals surface area contributed by atoms with E-state index in [9.17, 15) is 0 Å². The highest BCUT2D eigenvalue weighted by molar-refractivity contribution is 5.72. The summed E-state index contributed by atoms with van der Waals surface area (Å²) < 4.78 is 17.9. The molecule has 1 fully saturated rings. The Bertz CT molecular complexity index is 1370. The molecule has 2 heterocycles. The summed E-state index contributed by atoms with van der Waals surface area (Å²) in [7, 11) is 0. The molecule has 0 amide bonds. The molecule has 0 saturated carbocycles. The summed E-state index contributed by atoms with van der Waals surface area (Å²) in [6.07, 6.45) is 5.43. The number of benzene rings is 3. The van der Waals surface area contributed by atoms with Crippen LogP contribution in [0.1, 0.15) is 74.0 Å². The number of aryl methyl sites for hydroxylation is 3. The Morgan fingerprint density at radius 1 is 0.895 bits per heavy atom. The fourth-order valence-corrected chi connectivity index (χ4v) is 6.16. The van der Waals surface area contributed by atoms with Crippen molar-refractivity contribution in [3.8, 4) is 22.6 Å². The number of nitrogens with zero attached hydrogens (tertiary/aromatic N) is 3. The largest absolute Gasteiger partial charge is 0.327 e. The van der Waals surface area contributed by atoms with Crippen molar-refractivity contribution in [3.05, 3.63) is 100 Å². The number of halogens is 1. The number of hydrogen-bond acceptors (Lipinski definition) is 2. The van der Waals surface area contributed by atoms with Crippen molar-refractivity contribution in [2.45, 2.75) is 78.9 Å². The fourth-order valence-electron chi connectivity index (χ4n) is 6.16. The van der Waals surface area contributed by atoms with Gasteiger partial charge in [-0.2, -0.15) is 0 Å². The molecule has 5 rings (SSSR count). The maximum Gasteiger partial charge on any atom is 0.141 e. The van der Waals surface area contributed by atoms with Crippen molar-refractivity contribution >= 4 is 0 Å². The molecule has 1 aromatic heterocycles. The first kappa shape index (κ1) is 26.4. The van der Waals surface area contributed by atoms with Crippen LogP contribution in [0.15, 0.2) is 66.7 Å². The van der Waals surface area contributed by atoms with E-state index in [1.165, 1.54) is 35.1 Å². The standard InChI is InChI=1S/C34H40FN3/c1-5-25-16-13-17-26(6-2)32(25)34-36-33(28-20-19-24(4)22-29(28)35)31(38(34)7-3)23-37-21-12-11-18-30(37)27-14-9-8-10-15-27/h8-10,13-17,19-20,22,30H,5-7,11-12,18,21,23H2,1-4H3. The Kier molecular flexibility index (Phi) is 8.09. The number of piperidine rings is 1. The van der Waals surface area contributed by atoms with Gasteiger partial charge >= 0.3 is 0 Å². The van der Waals surface area contributed by atoms with E-state index in [4.69, 9.17) is 4.98 Å². The number of rotatable bonds is 8. The Morgan fingerprint density at radius 3 is 2.29 bits per heavy atom. The topological polar surface area (TPSA) is 21.1 Å². The van der Waals surface area contributed by atoms with Crippen molar-refractivity contribution in [3.63, 3.8) is 0 Å². The Morgan fingerprint density at radius 2 is 1.63 bits per heavy atom. The molecule has 1 unspecified atom stereocenters. The lowest BCUT2D eigenvalue weighted by Gasteiger charge is -2.36. The van der Waals surface area contributed by atoms with Crippen LogP contribution in [0.2, 0.25) is 0 Å². The third-order valence-electron chi connectivity index (χ3n) is 8.14. The van der Waals surface area contributed by atoms with Crippen LogP contribution in [0.3, 0.4) is 0 Å². The van der Waals surface area contributed by atoms with Gasteiger partial charge in [-0.15, -0.1) is 0 Å². The summed E-state index contributed by atoms with van der Waals surface area (Å²) in [5, 5.41) is 0. The lowest BCUT2D eigenvalue weighted by Crippen LogP contribution is -2.33. The van der Waals surface area contributed by atoms with E-state index in [1.807, 2.05) is 19.1 Å². The Labute approximate surface area is 227 Å². The van der Waals surface area contributed by atoms with Crippen LogP contribution < -0.4 is 0 Å². The highest BCUT2D eigenvalue weighted by Crippen LogP contribution is 2.38. The van der Waals surface area contributed by atoms with E-state index in [0.717, 1.165) is 61.7 Å². The predicted octanol–water partition coefficient (Wildman–Crippen LogP) is 8.54. The number of likely N-dealkylation sites (tertiary alicyclic amines) is 1. The molecule has 3 nitrogen and oxygen atoms in total. The van der Waals surface area contributed by atoms with Crippen LogP contribution in [0.4, 0.5) is 4.39 Å². The molecule has 0 N–H and O–H groups in total. The van der Waals surface area contributed by atoms with E-state index < -0.39 is 0 Å². The van der Waals surface area contributed by atoms with Gasteiger partial charge in [-0.05, 0) is 80.5 Å². The molecular weight excluding hydrogens is 469 g/mol. The van der Waals surface area contributed by atoms with Gasteiger partial charge in [0.15, 0.2) is 0 Å². The van der Waals surface area contributed by atoms with Crippen molar-refractivity contribution < 1.29 is 4.39 Å². The molecule has 0 radical (unpaired) electrons. The molecule has 0 aliphatic carbocycles. The number of imidazole rings is 1. The maximum absolute atomic E-state index is 15.5. The second kappa shape index (κ2) is 11.7. The smallest absolute Gasteiger partial charge is 0.141 e. The third kappa shape index (κ3) is 5.07.